The molecule has 4 aromatic carbocycles. The highest BCUT2D eigenvalue weighted by atomic mass is 32.2. The number of hydrogen-bond donors (Lipinski definition) is 1. The molecule has 1 aliphatic heterocycles. The highest BCUT2D eigenvalue weighted by Gasteiger charge is 2.23. The summed E-state index contributed by atoms with van der Waals surface area (Å²) in [6.45, 7) is 5.22. The Morgan fingerprint density at radius 2 is 1.61 bits per heavy atom. The molecular weight excluding hydrogens is 565 g/mol. The van der Waals surface area contributed by atoms with Crippen LogP contribution in [0.4, 0.5) is 5.69 Å². The molecule has 0 unspecified atom stereocenters. The zero-order chi connectivity index (χ0) is 30.3. The Hall–Kier alpha value is -4.46. The third-order valence-corrected chi connectivity index (χ3v) is 10.6. The number of sulfonamides is 1. The SMILES string of the molecule is Cc1cccc(S(=O)(=O)N(C)c2ccc3[nH]c4ncc(-c5ccc(CN6CCCCC6)cc5)c(-c5ccccc5)c4c3c2)c1. The molecule has 0 aliphatic carbocycles. The first-order valence-corrected chi connectivity index (χ1v) is 16.7. The molecular formula is C37H36N4O2S. The van der Waals surface area contributed by atoms with Gasteiger partial charge >= 0.3 is 0 Å². The molecule has 3 heterocycles. The normalized spacial score (nSPS) is 14.3. The van der Waals surface area contributed by atoms with E-state index in [2.05, 4.69) is 58.4 Å². The number of fused-ring (bicyclic) bond motifs is 3. The van der Waals surface area contributed by atoms with E-state index in [1.165, 1.54) is 42.2 Å². The summed E-state index contributed by atoms with van der Waals surface area (Å²) in [4.78, 5) is 11.2. The van der Waals surface area contributed by atoms with Gasteiger partial charge in [0, 0.05) is 47.2 Å². The van der Waals surface area contributed by atoms with E-state index < -0.39 is 10.0 Å². The average molecular weight is 601 g/mol. The Morgan fingerprint density at radius 1 is 0.841 bits per heavy atom. The number of nitrogens with zero attached hydrogens (tertiary/aromatic N) is 3. The molecule has 7 heteroatoms. The lowest BCUT2D eigenvalue weighted by Crippen LogP contribution is -2.28. The van der Waals surface area contributed by atoms with Gasteiger partial charge in [-0.05, 0) is 85.4 Å². The molecule has 7 rings (SSSR count). The van der Waals surface area contributed by atoms with Crippen LogP contribution in [0.25, 0.3) is 44.2 Å². The molecule has 2 aromatic heterocycles. The molecule has 0 spiro atoms. The molecule has 0 atom stereocenters. The number of hydrogen-bond acceptors (Lipinski definition) is 4. The number of nitrogens with one attached hydrogen (secondary N) is 1. The van der Waals surface area contributed by atoms with Crippen molar-refractivity contribution in [2.75, 3.05) is 24.4 Å². The number of anilines is 1. The second kappa shape index (κ2) is 11.6. The number of aryl methyl sites for hydroxylation is 1. The first kappa shape index (κ1) is 28.3. The van der Waals surface area contributed by atoms with Crippen molar-refractivity contribution in [2.24, 2.45) is 0 Å². The number of pyridine rings is 1. The van der Waals surface area contributed by atoms with Gasteiger partial charge in [0.2, 0.25) is 0 Å². The summed E-state index contributed by atoms with van der Waals surface area (Å²) in [6.07, 6.45) is 5.85. The molecule has 44 heavy (non-hydrogen) atoms. The monoisotopic (exact) mass is 600 g/mol. The lowest BCUT2D eigenvalue weighted by molar-refractivity contribution is 0.221. The first-order chi connectivity index (χ1) is 21.4. The summed E-state index contributed by atoms with van der Waals surface area (Å²) in [5, 5.41) is 1.91. The Bertz CT molecular complexity index is 2060. The van der Waals surface area contributed by atoms with Gasteiger partial charge in [-0.25, -0.2) is 13.4 Å². The van der Waals surface area contributed by atoms with Crippen molar-refractivity contribution in [3.63, 3.8) is 0 Å². The van der Waals surface area contributed by atoms with Crippen LogP contribution in [0, 0.1) is 6.92 Å². The Labute approximate surface area is 259 Å². The molecule has 1 fully saturated rings. The van der Waals surface area contributed by atoms with E-state index in [9.17, 15) is 8.42 Å². The fourth-order valence-electron chi connectivity index (χ4n) is 6.40. The van der Waals surface area contributed by atoms with Crippen LogP contribution in [-0.4, -0.2) is 43.4 Å². The summed E-state index contributed by atoms with van der Waals surface area (Å²) in [5.74, 6) is 0. The van der Waals surface area contributed by atoms with Gasteiger partial charge in [-0.1, -0.05) is 73.2 Å². The largest absolute Gasteiger partial charge is 0.339 e. The minimum Gasteiger partial charge on any atom is -0.339 e. The number of aromatic nitrogens is 2. The summed E-state index contributed by atoms with van der Waals surface area (Å²) >= 11 is 0. The van der Waals surface area contributed by atoms with Gasteiger partial charge in [-0.3, -0.25) is 9.21 Å². The number of piperidine rings is 1. The van der Waals surface area contributed by atoms with Crippen LogP contribution in [-0.2, 0) is 16.6 Å². The van der Waals surface area contributed by atoms with Crippen LogP contribution < -0.4 is 4.31 Å². The zero-order valence-corrected chi connectivity index (χ0v) is 25.9. The van der Waals surface area contributed by atoms with Crippen LogP contribution in [0.5, 0.6) is 0 Å². The highest BCUT2D eigenvalue weighted by Crippen LogP contribution is 2.41. The minimum atomic E-state index is -3.74. The molecule has 1 N–H and O–H groups in total. The van der Waals surface area contributed by atoms with Gasteiger partial charge in [0.15, 0.2) is 0 Å². The summed E-state index contributed by atoms with van der Waals surface area (Å²) in [6, 6.07) is 32.0. The van der Waals surface area contributed by atoms with Crippen LogP contribution >= 0.6 is 0 Å². The van der Waals surface area contributed by atoms with Crippen molar-refractivity contribution in [1.29, 1.82) is 0 Å². The van der Waals surface area contributed by atoms with E-state index in [-0.39, 0.29) is 4.90 Å². The van der Waals surface area contributed by atoms with Gasteiger partial charge in [-0.2, -0.15) is 0 Å². The van der Waals surface area contributed by atoms with Crippen molar-refractivity contribution in [1.82, 2.24) is 14.9 Å². The predicted molar refractivity (Wildman–Crippen MR) is 180 cm³/mol. The Kier molecular flexibility index (Phi) is 7.44. The second-order valence-corrected chi connectivity index (χ2v) is 13.8. The summed E-state index contributed by atoms with van der Waals surface area (Å²) in [5.41, 5.74) is 8.79. The second-order valence-electron chi connectivity index (χ2n) is 11.8. The maximum Gasteiger partial charge on any atom is 0.264 e. The molecule has 0 bridgehead atoms. The molecule has 6 aromatic rings. The fraction of sp³-hybridized carbons (Fsp3) is 0.216. The van der Waals surface area contributed by atoms with E-state index >= 15 is 0 Å². The topological polar surface area (TPSA) is 69.3 Å². The molecule has 0 saturated carbocycles. The highest BCUT2D eigenvalue weighted by molar-refractivity contribution is 7.92. The average Bonchev–Trinajstić information content (AvgIpc) is 3.43. The Balaban J connectivity index is 1.35. The summed E-state index contributed by atoms with van der Waals surface area (Å²) < 4.78 is 28.6. The van der Waals surface area contributed by atoms with Crippen molar-refractivity contribution in [3.05, 3.63) is 114 Å². The number of benzene rings is 4. The van der Waals surface area contributed by atoms with Gasteiger partial charge < -0.3 is 4.98 Å². The minimum absolute atomic E-state index is 0.275. The lowest BCUT2D eigenvalue weighted by atomic mass is 9.92. The fourth-order valence-corrected chi connectivity index (χ4v) is 7.69. The van der Waals surface area contributed by atoms with Crippen LogP contribution in [0.2, 0.25) is 0 Å². The maximum absolute atomic E-state index is 13.6. The molecule has 1 aliphatic rings. The molecule has 1 saturated heterocycles. The third-order valence-electron chi connectivity index (χ3n) is 8.80. The van der Waals surface area contributed by atoms with Crippen LogP contribution in [0.15, 0.2) is 108 Å². The van der Waals surface area contributed by atoms with Crippen molar-refractivity contribution in [3.8, 4) is 22.3 Å². The van der Waals surface area contributed by atoms with Gasteiger partial charge in [0.25, 0.3) is 10.0 Å². The van der Waals surface area contributed by atoms with E-state index in [0.717, 1.165) is 56.3 Å². The van der Waals surface area contributed by atoms with Crippen LogP contribution in [0.1, 0.15) is 30.4 Å². The quantitative estimate of drug-likeness (QED) is 0.201. The standard InChI is InChI=1S/C37H36N4O2S/c1-26-10-9-13-31(22-26)44(42,43)40(2)30-18-19-34-32(23-30)36-35(29-11-5-3-6-12-29)33(24-38-37(36)39-34)28-16-14-27(15-17-28)25-41-20-7-4-8-21-41/h3,5-6,9-19,22-24H,4,7-8,20-21,25H2,1-2H3,(H,38,39). The van der Waals surface area contributed by atoms with E-state index in [1.807, 2.05) is 43.5 Å². The van der Waals surface area contributed by atoms with E-state index in [4.69, 9.17) is 4.98 Å². The van der Waals surface area contributed by atoms with E-state index in [0.29, 0.717) is 5.69 Å². The van der Waals surface area contributed by atoms with Crippen molar-refractivity contribution < 1.29 is 8.42 Å². The van der Waals surface area contributed by atoms with E-state index in [1.54, 1.807) is 25.2 Å². The van der Waals surface area contributed by atoms with Crippen molar-refractivity contribution >= 4 is 37.6 Å². The number of aromatic amines is 1. The number of rotatable bonds is 7. The number of likely N-dealkylation sites (tertiary alicyclic amines) is 1. The molecule has 6 nitrogen and oxygen atoms in total. The van der Waals surface area contributed by atoms with Gasteiger partial charge in [0.1, 0.15) is 5.65 Å². The van der Waals surface area contributed by atoms with Gasteiger partial charge in [-0.15, -0.1) is 0 Å². The zero-order valence-electron chi connectivity index (χ0n) is 25.1. The number of H-pyrrole nitrogens is 1. The molecule has 0 amide bonds. The van der Waals surface area contributed by atoms with Crippen LogP contribution in [0.3, 0.4) is 0 Å². The first-order valence-electron chi connectivity index (χ1n) is 15.3. The summed E-state index contributed by atoms with van der Waals surface area (Å²) in [7, 11) is -2.13. The third kappa shape index (κ3) is 5.27. The van der Waals surface area contributed by atoms with Crippen molar-refractivity contribution in [2.45, 2.75) is 37.6 Å². The maximum atomic E-state index is 13.6. The molecule has 222 valence electrons. The predicted octanol–water partition coefficient (Wildman–Crippen LogP) is 8.17. The lowest BCUT2D eigenvalue weighted by Gasteiger charge is -2.26. The molecule has 0 radical (unpaired) electrons. The smallest absolute Gasteiger partial charge is 0.264 e. The Morgan fingerprint density at radius 3 is 2.36 bits per heavy atom. The van der Waals surface area contributed by atoms with Gasteiger partial charge in [0.05, 0.1) is 10.6 Å².